The molecule has 0 aliphatic carbocycles. The van der Waals surface area contributed by atoms with Gasteiger partial charge in [0.15, 0.2) is 0 Å². The minimum Gasteiger partial charge on any atom is -0.495 e. The van der Waals surface area contributed by atoms with Crippen LogP contribution < -0.4 is 20.3 Å². The lowest BCUT2D eigenvalue weighted by molar-refractivity contribution is -0.137. The minimum atomic E-state index is -4.53. The number of piperazine rings is 1. The Balaban J connectivity index is 1.41. The molecule has 0 bridgehead atoms. The number of nitrogens with one attached hydrogen (secondary N) is 2. The zero-order valence-electron chi connectivity index (χ0n) is 17.6. The Morgan fingerprint density at radius 2 is 1.72 bits per heavy atom. The molecule has 2 amide bonds. The van der Waals surface area contributed by atoms with E-state index in [1.165, 1.54) is 12.1 Å². The Labute approximate surface area is 184 Å². The lowest BCUT2D eigenvalue weighted by Crippen LogP contribution is -2.49. The normalized spacial score (nSPS) is 14.7. The number of hydrogen-bond acceptors (Lipinski definition) is 5. The van der Waals surface area contributed by atoms with Crippen molar-refractivity contribution in [3.05, 3.63) is 54.1 Å². The molecule has 0 saturated carbocycles. The van der Waals surface area contributed by atoms with Crippen LogP contribution in [0.3, 0.4) is 0 Å². The fourth-order valence-electron chi connectivity index (χ4n) is 3.47. The molecular weight excluding hydrogens is 425 g/mol. The quantitative estimate of drug-likeness (QED) is 0.662. The number of alkyl halides is 3. The molecule has 3 rings (SSSR count). The number of carbonyl (C=O) groups is 2. The van der Waals surface area contributed by atoms with E-state index in [2.05, 4.69) is 20.4 Å². The van der Waals surface area contributed by atoms with Gasteiger partial charge in [-0.2, -0.15) is 13.2 Å². The molecule has 1 heterocycles. The second-order valence-electron chi connectivity index (χ2n) is 7.29. The van der Waals surface area contributed by atoms with Gasteiger partial charge in [-0.15, -0.1) is 0 Å². The summed E-state index contributed by atoms with van der Waals surface area (Å²) in [5.41, 5.74) is 0.0460. The van der Waals surface area contributed by atoms with E-state index >= 15 is 0 Å². The molecule has 2 aromatic rings. The summed E-state index contributed by atoms with van der Waals surface area (Å²) in [5.74, 6) is -1.08. The summed E-state index contributed by atoms with van der Waals surface area (Å²) >= 11 is 0. The van der Waals surface area contributed by atoms with Crippen molar-refractivity contribution in [2.45, 2.75) is 6.18 Å². The van der Waals surface area contributed by atoms with Crippen molar-refractivity contribution in [2.24, 2.45) is 0 Å². The second-order valence-corrected chi connectivity index (χ2v) is 7.29. The van der Waals surface area contributed by atoms with Crippen molar-refractivity contribution in [1.82, 2.24) is 10.2 Å². The van der Waals surface area contributed by atoms with Gasteiger partial charge < -0.3 is 20.3 Å². The number of anilines is 2. The number of rotatable bonds is 6. The van der Waals surface area contributed by atoms with Gasteiger partial charge in [0, 0.05) is 45.0 Å². The predicted molar refractivity (Wildman–Crippen MR) is 115 cm³/mol. The summed E-state index contributed by atoms with van der Waals surface area (Å²) in [6, 6.07) is 12.0. The zero-order chi connectivity index (χ0) is 23.1. The van der Waals surface area contributed by atoms with Crippen LogP contribution in [0.1, 0.15) is 5.56 Å². The van der Waals surface area contributed by atoms with Crippen molar-refractivity contribution in [3.63, 3.8) is 0 Å². The molecule has 1 aliphatic rings. The SMILES string of the molecule is COc1ccccc1N1CCN(CCNC(=O)C(=O)Nc2cccc(C(F)(F)F)c2)CC1. The van der Waals surface area contributed by atoms with Crippen LogP contribution in [0.25, 0.3) is 0 Å². The maximum atomic E-state index is 12.8. The van der Waals surface area contributed by atoms with Crippen molar-refractivity contribution in [2.75, 3.05) is 56.6 Å². The summed E-state index contributed by atoms with van der Waals surface area (Å²) in [7, 11) is 1.64. The molecule has 0 aromatic heterocycles. The van der Waals surface area contributed by atoms with Crippen LogP contribution in [-0.4, -0.2) is 63.1 Å². The molecule has 172 valence electrons. The Bertz CT molecular complexity index is 944. The maximum absolute atomic E-state index is 12.8. The van der Waals surface area contributed by atoms with Gasteiger partial charge in [0.1, 0.15) is 5.75 Å². The summed E-state index contributed by atoms with van der Waals surface area (Å²) in [6.45, 7) is 3.97. The first-order chi connectivity index (χ1) is 15.3. The molecule has 32 heavy (non-hydrogen) atoms. The standard InChI is InChI=1S/C22H25F3N4O3/c1-32-19-8-3-2-7-18(19)29-13-11-28(12-14-29)10-9-26-20(30)21(31)27-17-6-4-5-16(15-17)22(23,24)25/h2-8,15H,9-14H2,1H3,(H,26,30)(H,27,31). The van der Waals surface area contributed by atoms with E-state index in [9.17, 15) is 22.8 Å². The number of para-hydroxylation sites is 2. The first-order valence-electron chi connectivity index (χ1n) is 10.1. The van der Waals surface area contributed by atoms with Crippen LogP contribution in [-0.2, 0) is 15.8 Å². The van der Waals surface area contributed by atoms with E-state index in [1.54, 1.807) is 7.11 Å². The Morgan fingerprint density at radius 3 is 2.41 bits per heavy atom. The molecular formula is C22H25F3N4O3. The maximum Gasteiger partial charge on any atom is 0.416 e. The van der Waals surface area contributed by atoms with Crippen molar-refractivity contribution in [1.29, 1.82) is 0 Å². The molecule has 2 N–H and O–H groups in total. The van der Waals surface area contributed by atoms with E-state index < -0.39 is 23.6 Å². The van der Waals surface area contributed by atoms with E-state index in [1.807, 2.05) is 24.3 Å². The molecule has 7 nitrogen and oxygen atoms in total. The molecule has 0 radical (unpaired) electrons. The number of ether oxygens (including phenoxy) is 1. The van der Waals surface area contributed by atoms with Gasteiger partial charge in [-0.1, -0.05) is 18.2 Å². The zero-order valence-corrected chi connectivity index (χ0v) is 17.6. The van der Waals surface area contributed by atoms with Gasteiger partial charge in [0.25, 0.3) is 0 Å². The fraction of sp³-hybridized carbons (Fsp3) is 0.364. The van der Waals surface area contributed by atoms with Crippen LogP contribution in [0.15, 0.2) is 48.5 Å². The van der Waals surface area contributed by atoms with Crippen LogP contribution in [0.5, 0.6) is 5.75 Å². The fourth-order valence-corrected chi connectivity index (χ4v) is 3.47. The molecule has 1 fully saturated rings. The summed E-state index contributed by atoms with van der Waals surface area (Å²) in [4.78, 5) is 28.4. The molecule has 0 unspecified atom stereocenters. The molecule has 0 atom stereocenters. The monoisotopic (exact) mass is 450 g/mol. The van der Waals surface area contributed by atoms with Crippen molar-refractivity contribution >= 4 is 23.2 Å². The predicted octanol–water partition coefficient (Wildman–Crippen LogP) is 2.59. The van der Waals surface area contributed by atoms with Crippen LogP contribution in [0, 0.1) is 0 Å². The van der Waals surface area contributed by atoms with Gasteiger partial charge in [-0.25, -0.2) is 0 Å². The van der Waals surface area contributed by atoms with Crippen LogP contribution in [0.2, 0.25) is 0 Å². The average Bonchev–Trinajstić information content (AvgIpc) is 2.79. The van der Waals surface area contributed by atoms with Gasteiger partial charge in [0.2, 0.25) is 0 Å². The lowest BCUT2D eigenvalue weighted by Gasteiger charge is -2.36. The second kappa shape index (κ2) is 10.4. The number of benzene rings is 2. The third-order valence-electron chi connectivity index (χ3n) is 5.17. The van der Waals surface area contributed by atoms with Gasteiger partial charge in [0.05, 0.1) is 18.4 Å². The van der Waals surface area contributed by atoms with E-state index in [4.69, 9.17) is 4.74 Å². The summed E-state index contributed by atoms with van der Waals surface area (Å²) in [6.07, 6.45) is -4.53. The number of amides is 2. The molecule has 1 saturated heterocycles. The van der Waals surface area contributed by atoms with Gasteiger partial charge >= 0.3 is 18.0 Å². The third-order valence-corrected chi connectivity index (χ3v) is 5.17. The Hall–Kier alpha value is -3.27. The van der Waals surface area contributed by atoms with Crippen LogP contribution >= 0.6 is 0 Å². The Morgan fingerprint density at radius 1 is 1.00 bits per heavy atom. The van der Waals surface area contributed by atoms with E-state index in [0.717, 1.165) is 49.7 Å². The third kappa shape index (κ3) is 6.13. The lowest BCUT2D eigenvalue weighted by atomic mass is 10.2. The average molecular weight is 450 g/mol. The summed E-state index contributed by atoms with van der Waals surface area (Å²) in [5, 5.41) is 4.70. The molecule has 2 aromatic carbocycles. The van der Waals surface area contributed by atoms with Gasteiger partial charge in [-0.3, -0.25) is 14.5 Å². The minimum absolute atomic E-state index is 0.0903. The van der Waals surface area contributed by atoms with Crippen LogP contribution in [0.4, 0.5) is 24.5 Å². The first-order valence-corrected chi connectivity index (χ1v) is 10.1. The van der Waals surface area contributed by atoms with Crippen molar-refractivity contribution < 1.29 is 27.5 Å². The van der Waals surface area contributed by atoms with Gasteiger partial charge in [-0.05, 0) is 30.3 Å². The number of nitrogens with zero attached hydrogens (tertiary/aromatic N) is 2. The summed E-state index contributed by atoms with van der Waals surface area (Å²) < 4.78 is 43.7. The number of carbonyl (C=O) groups excluding carboxylic acids is 2. The smallest absolute Gasteiger partial charge is 0.416 e. The van der Waals surface area contributed by atoms with E-state index in [0.29, 0.717) is 6.54 Å². The number of methoxy groups -OCH3 is 1. The largest absolute Gasteiger partial charge is 0.495 e. The highest BCUT2D eigenvalue weighted by Crippen LogP contribution is 2.30. The molecule has 1 aliphatic heterocycles. The highest BCUT2D eigenvalue weighted by molar-refractivity contribution is 6.39. The van der Waals surface area contributed by atoms with E-state index in [-0.39, 0.29) is 12.2 Å². The number of halogens is 3. The highest BCUT2D eigenvalue weighted by atomic mass is 19.4. The topological polar surface area (TPSA) is 73.9 Å². The highest BCUT2D eigenvalue weighted by Gasteiger charge is 2.30. The first kappa shape index (κ1) is 23.4. The number of hydrogen-bond donors (Lipinski definition) is 2. The molecule has 0 spiro atoms. The molecule has 10 heteroatoms. The van der Waals surface area contributed by atoms with Crippen molar-refractivity contribution in [3.8, 4) is 5.75 Å². The Kier molecular flexibility index (Phi) is 7.57.